The lowest BCUT2D eigenvalue weighted by atomic mass is 9.93. The number of hydrogen-bond donors (Lipinski definition) is 0. The van der Waals surface area contributed by atoms with Crippen molar-refractivity contribution in [1.82, 2.24) is 9.80 Å². The molecule has 1 atom stereocenters. The number of carbonyl (C=O) groups excluding carboxylic acids is 2. The number of anilines is 1. The van der Waals surface area contributed by atoms with Gasteiger partial charge in [0.2, 0.25) is 5.91 Å². The summed E-state index contributed by atoms with van der Waals surface area (Å²) in [6, 6.07) is 5.88. The first-order chi connectivity index (χ1) is 12.6. The van der Waals surface area contributed by atoms with Crippen LogP contribution in [-0.4, -0.2) is 59.9 Å². The van der Waals surface area contributed by atoms with Crippen LogP contribution in [0.15, 0.2) is 24.3 Å². The number of carbonyl (C=O) groups is 2. The number of amides is 2. The Hall–Kier alpha value is -1.79. The largest absolute Gasteiger partial charge is 0.298 e. The highest BCUT2D eigenvalue weighted by Crippen LogP contribution is 2.28. The average molecular weight is 359 g/mol. The molecule has 26 heavy (non-hydrogen) atoms. The number of piperazine rings is 1. The Kier molecular flexibility index (Phi) is 5.05. The first-order valence-electron chi connectivity index (χ1n) is 9.74. The average Bonchev–Trinajstić information content (AvgIpc) is 2.98. The second kappa shape index (κ2) is 7.45. The van der Waals surface area contributed by atoms with E-state index >= 15 is 0 Å². The number of benzene rings is 1. The molecule has 1 aliphatic carbocycles. The molecule has 3 aliphatic rings. The van der Waals surface area contributed by atoms with E-state index in [1.165, 1.54) is 61.3 Å². The van der Waals surface area contributed by atoms with Gasteiger partial charge in [0.05, 0.1) is 18.2 Å². The van der Waals surface area contributed by atoms with Gasteiger partial charge in [-0.1, -0.05) is 19.3 Å². The monoisotopic (exact) mass is 359 g/mol. The third kappa shape index (κ3) is 3.40. The van der Waals surface area contributed by atoms with Crippen LogP contribution in [0.2, 0.25) is 0 Å². The van der Waals surface area contributed by atoms with E-state index in [-0.39, 0.29) is 30.1 Å². The fourth-order valence-corrected chi connectivity index (χ4v) is 4.62. The highest BCUT2D eigenvalue weighted by atomic mass is 19.1. The predicted molar refractivity (Wildman–Crippen MR) is 97.3 cm³/mol. The molecule has 0 spiro atoms. The Morgan fingerprint density at radius 1 is 0.846 bits per heavy atom. The van der Waals surface area contributed by atoms with Gasteiger partial charge in [-0.3, -0.25) is 19.4 Å². The summed E-state index contributed by atoms with van der Waals surface area (Å²) >= 11 is 0. The van der Waals surface area contributed by atoms with Crippen molar-refractivity contribution in [3.05, 3.63) is 30.1 Å². The van der Waals surface area contributed by atoms with Gasteiger partial charge in [0.15, 0.2) is 0 Å². The lowest BCUT2D eigenvalue weighted by Gasteiger charge is -2.42. The van der Waals surface area contributed by atoms with E-state index in [9.17, 15) is 14.0 Å². The van der Waals surface area contributed by atoms with E-state index < -0.39 is 0 Å². The van der Waals surface area contributed by atoms with E-state index in [1.807, 2.05) is 0 Å². The van der Waals surface area contributed by atoms with Gasteiger partial charge in [-0.25, -0.2) is 9.29 Å². The molecule has 2 aliphatic heterocycles. The molecule has 0 radical (unpaired) electrons. The minimum Gasteiger partial charge on any atom is -0.298 e. The fourth-order valence-electron chi connectivity index (χ4n) is 4.62. The van der Waals surface area contributed by atoms with E-state index in [2.05, 4.69) is 9.80 Å². The minimum atomic E-state index is -0.374. The third-order valence-electron chi connectivity index (χ3n) is 6.09. The zero-order valence-electron chi connectivity index (χ0n) is 15.1. The van der Waals surface area contributed by atoms with Crippen molar-refractivity contribution in [2.45, 2.75) is 50.6 Å². The van der Waals surface area contributed by atoms with Crippen molar-refractivity contribution in [2.24, 2.45) is 0 Å². The smallest absolute Gasteiger partial charge is 0.251 e. The van der Waals surface area contributed by atoms with Crippen molar-refractivity contribution in [2.75, 3.05) is 31.1 Å². The second-order valence-corrected chi connectivity index (χ2v) is 7.63. The molecule has 1 unspecified atom stereocenters. The minimum absolute atomic E-state index is 0.173. The van der Waals surface area contributed by atoms with Crippen LogP contribution in [0.25, 0.3) is 0 Å². The highest BCUT2D eigenvalue weighted by Gasteiger charge is 2.43. The number of nitrogens with zero attached hydrogens (tertiary/aromatic N) is 3. The van der Waals surface area contributed by atoms with E-state index in [0.29, 0.717) is 11.7 Å². The molecule has 2 heterocycles. The molecule has 0 aromatic heterocycles. The lowest BCUT2D eigenvalue weighted by molar-refractivity contribution is -0.123. The molecule has 5 nitrogen and oxygen atoms in total. The second-order valence-electron chi connectivity index (χ2n) is 7.63. The standard InChI is InChI=1S/C20H26FN3O2/c21-15-6-8-17(9-7-15)24-19(25)14-18(20(24)26)23-12-10-22(11-13-23)16-4-2-1-3-5-16/h6-9,16,18H,1-5,10-14H2. The van der Waals surface area contributed by atoms with Crippen LogP contribution in [-0.2, 0) is 9.59 Å². The normalized spacial score (nSPS) is 26.7. The summed E-state index contributed by atoms with van der Waals surface area (Å²) in [4.78, 5) is 31.2. The molecule has 1 aromatic rings. The summed E-state index contributed by atoms with van der Waals surface area (Å²) in [5.41, 5.74) is 0.463. The number of halogens is 1. The van der Waals surface area contributed by atoms with Crippen molar-refractivity contribution in [3.63, 3.8) is 0 Å². The number of imide groups is 1. The third-order valence-corrected chi connectivity index (χ3v) is 6.09. The van der Waals surface area contributed by atoms with Gasteiger partial charge in [-0.2, -0.15) is 0 Å². The van der Waals surface area contributed by atoms with Crippen molar-refractivity contribution >= 4 is 17.5 Å². The van der Waals surface area contributed by atoms with E-state index in [0.717, 1.165) is 26.2 Å². The van der Waals surface area contributed by atoms with Crippen LogP contribution < -0.4 is 4.90 Å². The van der Waals surface area contributed by atoms with Crippen LogP contribution in [0.4, 0.5) is 10.1 Å². The molecule has 2 saturated heterocycles. The Morgan fingerprint density at radius 3 is 2.12 bits per heavy atom. The number of rotatable bonds is 3. The van der Waals surface area contributed by atoms with Crippen LogP contribution >= 0.6 is 0 Å². The highest BCUT2D eigenvalue weighted by molar-refractivity contribution is 6.22. The first-order valence-corrected chi connectivity index (χ1v) is 9.74. The van der Waals surface area contributed by atoms with Crippen molar-refractivity contribution in [1.29, 1.82) is 0 Å². The maximum absolute atomic E-state index is 13.1. The van der Waals surface area contributed by atoms with Gasteiger partial charge in [0.1, 0.15) is 5.82 Å². The molecule has 140 valence electrons. The van der Waals surface area contributed by atoms with Gasteiger partial charge >= 0.3 is 0 Å². The molecular formula is C20H26FN3O2. The molecule has 1 saturated carbocycles. The van der Waals surface area contributed by atoms with Crippen molar-refractivity contribution < 1.29 is 14.0 Å². The Balaban J connectivity index is 1.39. The summed E-state index contributed by atoms with van der Waals surface area (Å²) < 4.78 is 13.1. The molecule has 0 bridgehead atoms. The van der Waals surface area contributed by atoms with Crippen molar-refractivity contribution in [3.8, 4) is 0 Å². The maximum atomic E-state index is 13.1. The van der Waals surface area contributed by atoms with Crippen LogP contribution in [0.5, 0.6) is 0 Å². The van der Waals surface area contributed by atoms with Crippen LogP contribution in [0.3, 0.4) is 0 Å². The van der Waals surface area contributed by atoms with Crippen LogP contribution in [0.1, 0.15) is 38.5 Å². The summed E-state index contributed by atoms with van der Waals surface area (Å²) in [5.74, 6) is -0.739. The predicted octanol–water partition coefficient (Wildman–Crippen LogP) is 2.41. The van der Waals surface area contributed by atoms with Gasteiger partial charge in [-0.05, 0) is 37.1 Å². The SMILES string of the molecule is O=C1CC(N2CCN(C3CCCCC3)CC2)C(=O)N1c1ccc(F)cc1. The summed E-state index contributed by atoms with van der Waals surface area (Å²) in [6.45, 7) is 3.60. The Morgan fingerprint density at radius 2 is 1.46 bits per heavy atom. The molecule has 6 heteroatoms. The Bertz CT molecular complexity index is 664. The molecule has 4 rings (SSSR count). The number of hydrogen-bond acceptors (Lipinski definition) is 4. The van der Waals surface area contributed by atoms with Crippen LogP contribution in [0, 0.1) is 5.82 Å². The van der Waals surface area contributed by atoms with Gasteiger partial charge in [0.25, 0.3) is 5.91 Å². The van der Waals surface area contributed by atoms with E-state index in [1.54, 1.807) is 0 Å². The molecule has 0 N–H and O–H groups in total. The zero-order valence-corrected chi connectivity index (χ0v) is 15.1. The molecular weight excluding hydrogens is 333 g/mol. The van der Waals surface area contributed by atoms with Gasteiger partial charge in [-0.15, -0.1) is 0 Å². The fraction of sp³-hybridized carbons (Fsp3) is 0.600. The topological polar surface area (TPSA) is 43.9 Å². The molecule has 1 aromatic carbocycles. The van der Waals surface area contributed by atoms with Gasteiger partial charge in [0, 0.05) is 32.2 Å². The Labute approximate surface area is 153 Å². The summed E-state index contributed by atoms with van der Waals surface area (Å²) in [7, 11) is 0. The molecule has 2 amide bonds. The quantitative estimate of drug-likeness (QED) is 0.778. The lowest BCUT2D eigenvalue weighted by Crippen LogP contribution is -2.55. The summed E-state index contributed by atoms with van der Waals surface area (Å²) in [6.07, 6.45) is 6.81. The van der Waals surface area contributed by atoms with E-state index in [4.69, 9.17) is 0 Å². The maximum Gasteiger partial charge on any atom is 0.251 e. The summed E-state index contributed by atoms with van der Waals surface area (Å²) in [5, 5.41) is 0. The van der Waals surface area contributed by atoms with Gasteiger partial charge < -0.3 is 0 Å². The molecule has 3 fully saturated rings. The zero-order chi connectivity index (χ0) is 18.1. The first kappa shape index (κ1) is 17.6.